The van der Waals surface area contributed by atoms with Gasteiger partial charge >= 0.3 is 5.97 Å². The van der Waals surface area contributed by atoms with E-state index in [1.807, 2.05) is 0 Å². The number of cyclic esters (lactones) is 1. The normalized spacial score (nSPS) is 15.7. The van der Waals surface area contributed by atoms with Crippen LogP contribution < -0.4 is 0 Å². The fraction of sp³-hybridized carbons (Fsp3) is 0.200. The molecule has 2 aromatic rings. The minimum absolute atomic E-state index is 0.0514. The number of hydrogen-bond donors (Lipinski definition) is 0. The number of nitrogens with zero attached hydrogens (tertiary/aromatic N) is 2. The van der Waals surface area contributed by atoms with Gasteiger partial charge in [-0.25, -0.2) is 27.0 Å². The van der Waals surface area contributed by atoms with E-state index in [0.717, 1.165) is 12.1 Å². The summed E-state index contributed by atoms with van der Waals surface area (Å²) in [5.41, 5.74) is 0.432. The lowest BCUT2D eigenvalue weighted by atomic mass is 10.2. The fourth-order valence-electron chi connectivity index (χ4n) is 2.79. The number of carbonyl (C=O) groups excluding carboxylic acids is 1. The van der Waals surface area contributed by atoms with Gasteiger partial charge in [0.2, 0.25) is 15.9 Å². The number of carbonyl (C=O) groups is 1. The lowest BCUT2D eigenvalue weighted by Gasteiger charge is -2.18. The zero-order valence-corrected chi connectivity index (χ0v) is 16.5. The van der Waals surface area contributed by atoms with Crippen LogP contribution in [0, 0.1) is 11.6 Å². The maximum absolute atomic E-state index is 13.4. The van der Waals surface area contributed by atoms with Crippen molar-refractivity contribution >= 4 is 28.0 Å². The summed E-state index contributed by atoms with van der Waals surface area (Å²) in [7, 11) is -3.69. The summed E-state index contributed by atoms with van der Waals surface area (Å²) in [5.74, 6) is -2.90. The molecule has 1 aliphatic heterocycles. The fourth-order valence-corrected chi connectivity index (χ4v) is 4.30. The zero-order valence-electron chi connectivity index (χ0n) is 15.7. The molecular weight excluding hydrogens is 402 g/mol. The Morgan fingerprint density at radius 3 is 2.45 bits per heavy atom. The Morgan fingerprint density at radius 2 is 1.79 bits per heavy atom. The number of sulfonamides is 1. The number of ether oxygens (including phenoxy) is 1. The molecule has 0 spiro atoms. The van der Waals surface area contributed by atoms with Crippen molar-refractivity contribution in [1.82, 2.24) is 4.31 Å². The van der Waals surface area contributed by atoms with Crippen molar-refractivity contribution in [3.05, 3.63) is 70.9 Å². The molecule has 2 aromatic carbocycles. The van der Waals surface area contributed by atoms with Gasteiger partial charge in [-0.05, 0) is 42.0 Å². The molecule has 0 aromatic heterocycles. The quantitative estimate of drug-likeness (QED) is 0.531. The average molecular weight is 420 g/mol. The molecule has 3 rings (SSSR count). The molecule has 29 heavy (non-hydrogen) atoms. The second-order valence-corrected chi connectivity index (χ2v) is 8.06. The van der Waals surface area contributed by atoms with Crippen LogP contribution in [0.3, 0.4) is 0 Å². The van der Waals surface area contributed by atoms with Gasteiger partial charge in [-0.1, -0.05) is 26.0 Å². The van der Waals surface area contributed by atoms with Gasteiger partial charge in [-0.15, -0.1) is 0 Å². The molecule has 0 aliphatic carbocycles. The summed E-state index contributed by atoms with van der Waals surface area (Å²) in [6, 6.07) is 9.08. The first-order chi connectivity index (χ1) is 13.8. The maximum Gasteiger partial charge on any atom is 0.363 e. The van der Waals surface area contributed by atoms with E-state index in [9.17, 15) is 22.0 Å². The van der Waals surface area contributed by atoms with Gasteiger partial charge in [-0.3, -0.25) is 0 Å². The Kier molecular flexibility index (Phi) is 5.90. The van der Waals surface area contributed by atoms with E-state index in [4.69, 9.17) is 4.74 Å². The predicted molar refractivity (Wildman–Crippen MR) is 104 cm³/mol. The summed E-state index contributed by atoms with van der Waals surface area (Å²) < 4.78 is 58.2. The first kappa shape index (κ1) is 20.8. The number of hydrogen-bond acceptors (Lipinski definition) is 5. The van der Waals surface area contributed by atoms with E-state index in [-0.39, 0.29) is 22.1 Å². The molecule has 0 atom stereocenters. The average Bonchev–Trinajstić information content (AvgIpc) is 3.06. The highest BCUT2D eigenvalue weighted by Gasteiger charge is 2.27. The Hall–Kier alpha value is -2.91. The molecule has 9 heteroatoms. The van der Waals surface area contributed by atoms with E-state index < -0.39 is 27.6 Å². The number of rotatable bonds is 6. The molecule has 0 saturated heterocycles. The van der Waals surface area contributed by atoms with Crippen molar-refractivity contribution < 1.29 is 26.7 Å². The van der Waals surface area contributed by atoms with Crippen molar-refractivity contribution in [3.8, 4) is 0 Å². The van der Waals surface area contributed by atoms with Crippen LogP contribution in [0.2, 0.25) is 0 Å². The van der Waals surface area contributed by atoms with Crippen LogP contribution in [0.15, 0.2) is 58.0 Å². The molecule has 0 fully saturated rings. The standard InChI is InChI=1S/C20H18F2N2O4S/c1-3-24(4-2)29(26,27)15-7-5-6-14(12-15)19-23-18(20(25)28-19)11-13-8-9-16(21)17(22)10-13/h5-12H,3-4H2,1-2H3/b18-11-. The molecule has 0 bridgehead atoms. The number of halogens is 2. The Bertz CT molecular complexity index is 1120. The number of esters is 1. The molecule has 0 saturated carbocycles. The molecule has 1 aliphatic rings. The van der Waals surface area contributed by atoms with Gasteiger partial charge < -0.3 is 4.74 Å². The third-order valence-electron chi connectivity index (χ3n) is 4.29. The highest BCUT2D eigenvalue weighted by Crippen LogP contribution is 2.23. The summed E-state index contributed by atoms with van der Waals surface area (Å²) in [5, 5.41) is 0. The van der Waals surface area contributed by atoms with Crippen LogP contribution in [0.1, 0.15) is 25.0 Å². The number of aliphatic imine (C=N–C) groups is 1. The molecule has 0 unspecified atom stereocenters. The molecule has 0 N–H and O–H groups in total. The van der Waals surface area contributed by atoms with Gasteiger partial charge in [-0.2, -0.15) is 4.31 Å². The summed E-state index contributed by atoms with van der Waals surface area (Å²) >= 11 is 0. The zero-order chi connectivity index (χ0) is 21.2. The largest absolute Gasteiger partial charge is 0.402 e. The first-order valence-corrected chi connectivity index (χ1v) is 10.3. The summed E-state index contributed by atoms with van der Waals surface area (Å²) in [4.78, 5) is 16.2. The summed E-state index contributed by atoms with van der Waals surface area (Å²) in [6.07, 6.45) is 1.26. The Morgan fingerprint density at radius 1 is 1.07 bits per heavy atom. The minimum atomic E-state index is -3.69. The van der Waals surface area contributed by atoms with Crippen molar-refractivity contribution in [2.24, 2.45) is 4.99 Å². The number of benzene rings is 2. The van der Waals surface area contributed by atoms with Crippen LogP contribution in [-0.4, -0.2) is 37.7 Å². The Labute approximate surface area is 167 Å². The van der Waals surface area contributed by atoms with E-state index in [0.29, 0.717) is 18.7 Å². The summed E-state index contributed by atoms with van der Waals surface area (Å²) in [6.45, 7) is 4.12. The smallest absolute Gasteiger partial charge is 0.363 e. The molecule has 0 radical (unpaired) electrons. The minimum Gasteiger partial charge on any atom is -0.402 e. The van der Waals surface area contributed by atoms with Gasteiger partial charge in [0, 0.05) is 18.7 Å². The van der Waals surface area contributed by atoms with Gasteiger partial charge in [0.15, 0.2) is 17.3 Å². The van der Waals surface area contributed by atoms with Crippen LogP contribution in [0.5, 0.6) is 0 Å². The third kappa shape index (κ3) is 4.25. The van der Waals surface area contributed by atoms with Gasteiger partial charge in [0.25, 0.3) is 0 Å². The molecule has 0 amide bonds. The van der Waals surface area contributed by atoms with Crippen molar-refractivity contribution in [2.75, 3.05) is 13.1 Å². The molecule has 1 heterocycles. The Balaban J connectivity index is 1.95. The van der Waals surface area contributed by atoms with Crippen LogP contribution >= 0.6 is 0 Å². The molecular formula is C20H18F2N2O4S. The lowest BCUT2D eigenvalue weighted by molar-refractivity contribution is -0.129. The highest BCUT2D eigenvalue weighted by molar-refractivity contribution is 7.89. The van der Waals surface area contributed by atoms with Crippen LogP contribution in [-0.2, 0) is 19.6 Å². The van der Waals surface area contributed by atoms with Crippen LogP contribution in [0.4, 0.5) is 8.78 Å². The maximum atomic E-state index is 13.4. The van der Waals surface area contributed by atoms with E-state index >= 15 is 0 Å². The lowest BCUT2D eigenvalue weighted by Crippen LogP contribution is -2.30. The van der Waals surface area contributed by atoms with Gasteiger partial charge in [0.05, 0.1) is 4.90 Å². The second-order valence-electron chi connectivity index (χ2n) is 6.13. The first-order valence-electron chi connectivity index (χ1n) is 8.84. The van der Waals surface area contributed by atoms with E-state index in [2.05, 4.69) is 4.99 Å². The molecule has 152 valence electrons. The SMILES string of the molecule is CCN(CC)S(=O)(=O)c1cccc(C2=N/C(=C\c3ccc(F)c(F)c3)C(=O)O2)c1. The van der Waals surface area contributed by atoms with Crippen LogP contribution in [0.25, 0.3) is 6.08 Å². The monoisotopic (exact) mass is 420 g/mol. The predicted octanol–water partition coefficient (Wildman–Crippen LogP) is 3.34. The van der Waals surface area contributed by atoms with E-state index in [1.165, 1.54) is 34.6 Å². The van der Waals surface area contributed by atoms with Crippen molar-refractivity contribution in [2.45, 2.75) is 18.7 Å². The topological polar surface area (TPSA) is 76.0 Å². The van der Waals surface area contributed by atoms with Gasteiger partial charge in [0.1, 0.15) is 0 Å². The molecule has 6 nitrogen and oxygen atoms in total. The third-order valence-corrected chi connectivity index (χ3v) is 6.34. The van der Waals surface area contributed by atoms with E-state index in [1.54, 1.807) is 19.9 Å². The van der Waals surface area contributed by atoms with Crippen molar-refractivity contribution in [1.29, 1.82) is 0 Å². The van der Waals surface area contributed by atoms with Crippen molar-refractivity contribution in [3.63, 3.8) is 0 Å². The highest BCUT2D eigenvalue weighted by atomic mass is 32.2. The second kappa shape index (κ2) is 8.22.